The van der Waals surface area contributed by atoms with Crippen LogP contribution in [-0.4, -0.2) is 20.2 Å². The highest BCUT2D eigenvalue weighted by Gasteiger charge is 2.30. The van der Waals surface area contributed by atoms with Gasteiger partial charge in [-0.15, -0.1) is 0 Å². The molecule has 0 unspecified atom stereocenters. The SMILES string of the molecule is CCc1ccc([C@@H]2C[C@H](c3cccc(Br)c3)n3nnnc3N2)cc1. The Kier molecular flexibility index (Phi) is 4.06. The lowest BCUT2D eigenvalue weighted by atomic mass is 9.93. The molecule has 0 radical (unpaired) electrons. The molecule has 1 aliphatic rings. The number of anilines is 1. The molecule has 0 bridgehead atoms. The molecule has 0 amide bonds. The third-order valence-electron chi connectivity index (χ3n) is 4.57. The molecule has 24 heavy (non-hydrogen) atoms. The largest absolute Gasteiger partial charge is 0.346 e. The van der Waals surface area contributed by atoms with E-state index in [9.17, 15) is 0 Å². The van der Waals surface area contributed by atoms with Gasteiger partial charge in [-0.25, -0.2) is 4.68 Å². The van der Waals surface area contributed by atoms with Crippen LogP contribution in [0.5, 0.6) is 0 Å². The van der Waals surface area contributed by atoms with Gasteiger partial charge in [0.15, 0.2) is 0 Å². The number of benzene rings is 2. The van der Waals surface area contributed by atoms with Crippen molar-refractivity contribution >= 4 is 21.9 Å². The number of hydrogen-bond acceptors (Lipinski definition) is 4. The van der Waals surface area contributed by atoms with Crippen molar-refractivity contribution in [3.05, 3.63) is 69.7 Å². The lowest BCUT2D eigenvalue weighted by Crippen LogP contribution is -2.28. The van der Waals surface area contributed by atoms with Crippen LogP contribution in [0.2, 0.25) is 0 Å². The van der Waals surface area contributed by atoms with Crippen molar-refractivity contribution in [2.75, 3.05) is 5.32 Å². The van der Waals surface area contributed by atoms with Crippen LogP contribution in [0.1, 0.15) is 42.1 Å². The van der Waals surface area contributed by atoms with Crippen LogP contribution in [0.15, 0.2) is 53.0 Å². The molecule has 0 aliphatic carbocycles. The molecule has 0 fully saturated rings. The van der Waals surface area contributed by atoms with Gasteiger partial charge in [0.25, 0.3) is 0 Å². The molecule has 1 aromatic heterocycles. The Morgan fingerprint density at radius 3 is 2.75 bits per heavy atom. The van der Waals surface area contributed by atoms with Gasteiger partial charge in [0.1, 0.15) is 0 Å². The zero-order valence-electron chi connectivity index (χ0n) is 13.4. The fourth-order valence-corrected chi connectivity index (χ4v) is 3.65. The van der Waals surface area contributed by atoms with Gasteiger partial charge in [-0.2, -0.15) is 0 Å². The Balaban J connectivity index is 1.70. The zero-order valence-corrected chi connectivity index (χ0v) is 14.9. The second-order valence-corrected chi connectivity index (χ2v) is 6.96. The fraction of sp³-hybridized carbons (Fsp3) is 0.278. The summed E-state index contributed by atoms with van der Waals surface area (Å²) in [6, 6.07) is 17.5. The van der Waals surface area contributed by atoms with E-state index in [4.69, 9.17) is 0 Å². The van der Waals surface area contributed by atoms with E-state index in [2.05, 4.69) is 86.2 Å². The summed E-state index contributed by atoms with van der Waals surface area (Å²) >= 11 is 3.56. The Bertz CT molecular complexity index is 843. The summed E-state index contributed by atoms with van der Waals surface area (Å²) in [4.78, 5) is 0. The summed E-state index contributed by atoms with van der Waals surface area (Å²) in [5.41, 5.74) is 3.82. The highest BCUT2D eigenvalue weighted by atomic mass is 79.9. The van der Waals surface area contributed by atoms with Gasteiger partial charge >= 0.3 is 0 Å². The molecule has 1 aliphatic heterocycles. The fourth-order valence-electron chi connectivity index (χ4n) is 3.23. The Morgan fingerprint density at radius 1 is 1.17 bits per heavy atom. The van der Waals surface area contributed by atoms with E-state index < -0.39 is 0 Å². The van der Waals surface area contributed by atoms with Crippen LogP contribution >= 0.6 is 15.9 Å². The molecule has 2 aromatic carbocycles. The first-order valence-electron chi connectivity index (χ1n) is 8.13. The zero-order chi connectivity index (χ0) is 16.5. The summed E-state index contributed by atoms with van der Waals surface area (Å²) < 4.78 is 2.94. The van der Waals surface area contributed by atoms with Gasteiger partial charge in [0.2, 0.25) is 5.95 Å². The van der Waals surface area contributed by atoms with Crippen molar-refractivity contribution < 1.29 is 0 Å². The van der Waals surface area contributed by atoms with Crippen molar-refractivity contribution in [2.45, 2.75) is 31.8 Å². The van der Waals surface area contributed by atoms with Gasteiger partial charge in [0, 0.05) is 4.47 Å². The van der Waals surface area contributed by atoms with Crippen molar-refractivity contribution in [2.24, 2.45) is 0 Å². The topological polar surface area (TPSA) is 55.6 Å². The van der Waals surface area contributed by atoms with Gasteiger partial charge in [-0.3, -0.25) is 0 Å². The van der Waals surface area contributed by atoms with Crippen LogP contribution in [0, 0.1) is 0 Å². The second-order valence-electron chi connectivity index (χ2n) is 6.05. The van der Waals surface area contributed by atoms with Gasteiger partial charge in [0.05, 0.1) is 12.1 Å². The number of aromatic nitrogens is 4. The minimum Gasteiger partial charge on any atom is -0.346 e. The number of hydrogen-bond donors (Lipinski definition) is 1. The minimum atomic E-state index is 0.115. The molecule has 0 saturated heterocycles. The normalized spacial score (nSPS) is 19.6. The van der Waals surface area contributed by atoms with Gasteiger partial charge in [-0.05, 0) is 52.1 Å². The molecule has 4 rings (SSSR count). The molecule has 5 nitrogen and oxygen atoms in total. The lowest BCUT2D eigenvalue weighted by molar-refractivity contribution is 0.423. The minimum absolute atomic E-state index is 0.115. The third-order valence-corrected chi connectivity index (χ3v) is 5.07. The Hall–Kier alpha value is -2.21. The highest BCUT2D eigenvalue weighted by molar-refractivity contribution is 9.10. The van der Waals surface area contributed by atoms with Gasteiger partial charge < -0.3 is 5.32 Å². The molecule has 0 spiro atoms. The smallest absolute Gasteiger partial charge is 0.243 e. The number of rotatable bonds is 3. The second kappa shape index (κ2) is 6.36. The van der Waals surface area contributed by atoms with Crippen LogP contribution in [0.3, 0.4) is 0 Å². The molecule has 122 valence electrons. The van der Waals surface area contributed by atoms with Crippen LogP contribution < -0.4 is 5.32 Å². The van der Waals surface area contributed by atoms with Crippen molar-refractivity contribution in [1.29, 1.82) is 0 Å². The Labute approximate surface area is 149 Å². The first kappa shape index (κ1) is 15.3. The number of nitrogens with zero attached hydrogens (tertiary/aromatic N) is 4. The maximum atomic E-state index is 4.18. The summed E-state index contributed by atoms with van der Waals surface area (Å²) in [6.07, 6.45) is 1.96. The van der Waals surface area contributed by atoms with Crippen LogP contribution in [-0.2, 0) is 6.42 Å². The van der Waals surface area contributed by atoms with E-state index in [1.54, 1.807) is 0 Å². The molecule has 6 heteroatoms. The average molecular weight is 384 g/mol. The van der Waals surface area contributed by atoms with Crippen LogP contribution in [0.25, 0.3) is 0 Å². The summed E-state index contributed by atoms with van der Waals surface area (Å²) in [6.45, 7) is 2.17. The summed E-state index contributed by atoms with van der Waals surface area (Å²) in [5, 5.41) is 15.6. The van der Waals surface area contributed by atoms with Crippen molar-refractivity contribution in [3.63, 3.8) is 0 Å². The van der Waals surface area contributed by atoms with Crippen molar-refractivity contribution in [3.8, 4) is 0 Å². The van der Waals surface area contributed by atoms with Crippen molar-refractivity contribution in [1.82, 2.24) is 20.2 Å². The van der Waals surface area contributed by atoms with E-state index in [0.29, 0.717) is 0 Å². The monoisotopic (exact) mass is 383 g/mol. The van der Waals surface area contributed by atoms with Gasteiger partial charge in [-0.1, -0.05) is 64.4 Å². The average Bonchev–Trinajstić information content (AvgIpc) is 3.09. The highest BCUT2D eigenvalue weighted by Crippen LogP contribution is 2.37. The predicted octanol–water partition coefficient (Wildman–Crippen LogP) is 4.14. The molecule has 2 atom stereocenters. The first-order chi connectivity index (χ1) is 11.7. The Morgan fingerprint density at radius 2 is 2.00 bits per heavy atom. The standard InChI is InChI=1S/C18H18BrN5/c1-2-12-6-8-13(9-7-12)16-11-17(14-4-3-5-15(19)10-14)24-18(20-16)21-22-23-24/h3-10,16-17H,2,11H2,1H3,(H,20,21,23)/t16-,17+/m0/s1. The molecular formula is C18H18BrN5. The number of fused-ring (bicyclic) bond motifs is 1. The van der Waals surface area contributed by atoms with E-state index in [0.717, 1.165) is 23.3 Å². The number of tetrazole rings is 1. The molecular weight excluding hydrogens is 366 g/mol. The van der Waals surface area contributed by atoms with Crippen LogP contribution in [0.4, 0.5) is 5.95 Å². The quantitative estimate of drug-likeness (QED) is 0.737. The lowest BCUT2D eigenvalue weighted by Gasteiger charge is -2.31. The molecule has 2 heterocycles. The number of halogens is 1. The third kappa shape index (κ3) is 2.82. The molecule has 0 saturated carbocycles. The molecule has 1 N–H and O–H groups in total. The predicted molar refractivity (Wildman–Crippen MR) is 96.9 cm³/mol. The summed E-state index contributed by atoms with van der Waals surface area (Å²) in [7, 11) is 0. The van der Waals surface area contributed by atoms with E-state index >= 15 is 0 Å². The number of aryl methyl sites for hydroxylation is 1. The number of nitrogens with one attached hydrogen (secondary N) is 1. The summed E-state index contributed by atoms with van der Waals surface area (Å²) in [5.74, 6) is 0.718. The van der Waals surface area contributed by atoms with E-state index in [1.807, 2.05) is 10.7 Å². The maximum Gasteiger partial charge on any atom is 0.243 e. The first-order valence-corrected chi connectivity index (χ1v) is 8.92. The maximum absolute atomic E-state index is 4.18. The van der Waals surface area contributed by atoms with E-state index in [1.165, 1.54) is 16.7 Å². The molecule has 3 aromatic rings. The van der Waals surface area contributed by atoms with E-state index in [-0.39, 0.29) is 12.1 Å².